The van der Waals surface area contributed by atoms with E-state index >= 15 is 0 Å². The summed E-state index contributed by atoms with van der Waals surface area (Å²) in [6.07, 6.45) is 3.43. The number of amides is 1. The monoisotopic (exact) mass is 344 g/mol. The van der Waals surface area contributed by atoms with E-state index in [9.17, 15) is 4.79 Å². The predicted molar refractivity (Wildman–Crippen MR) is 97.2 cm³/mol. The van der Waals surface area contributed by atoms with Crippen LogP contribution in [0.3, 0.4) is 0 Å². The van der Waals surface area contributed by atoms with Crippen LogP contribution in [0.1, 0.15) is 50.7 Å². The lowest BCUT2D eigenvalue weighted by atomic mass is 10.1. The lowest BCUT2D eigenvalue weighted by Crippen LogP contribution is -2.48. The van der Waals surface area contributed by atoms with E-state index in [0.29, 0.717) is 6.54 Å². The first kappa shape index (κ1) is 19.2. The molecule has 2 rings (SSSR count). The topological polar surface area (TPSA) is 67.4 Å². The quantitative estimate of drug-likeness (QED) is 0.835. The third-order valence-electron chi connectivity index (χ3n) is 3.85. The van der Waals surface area contributed by atoms with Crippen molar-refractivity contribution < 1.29 is 9.53 Å². The Bertz CT molecular complexity index is 670. The minimum absolute atomic E-state index is 0.106. The zero-order chi connectivity index (χ0) is 18.4. The number of nitrogens with zero attached hydrogens (tertiary/aromatic N) is 3. The summed E-state index contributed by atoms with van der Waals surface area (Å²) in [6, 6.07) is 0.106. The van der Waals surface area contributed by atoms with Gasteiger partial charge in [0.2, 0.25) is 0 Å². The van der Waals surface area contributed by atoms with Gasteiger partial charge in [-0.3, -0.25) is 4.90 Å². The number of carbonyl (C=O) groups is 1. The molecule has 1 aliphatic heterocycles. The maximum atomic E-state index is 11.9. The Morgan fingerprint density at radius 1 is 1.44 bits per heavy atom. The van der Waals surface area contributed by atoms with Gasteiger partial charge in [-0.15, -0.1) is 0 Å². The molecule has 1 saturated heterocycles. The van der Waals surface area contributed by atoms with E-state index in [4.69, 9.17) is 4.74 Å². The summed E-state index contributed by atoms with van der Waals surface area (Å²) in [4.78, 5) is 22.7. The highest BCUT2D eigenvalue weighted by Gasteiger charge is 2.23. The Labute approximate surface area is 150 Å². The summed E-state index contributed by atoms with van der Waals surface area (Å²) in [5, 5.41) is 2.96. The molecule has 1 N–H and O–H groups in total. The summed E-state index contributed by atoms with van der Waals surface area (Å²) >= 11 is 0. The van der Waals surface area contributed by atoms with E-state index in [0.717, 1.165) is 43.0 Å². The molecule has 1 aromatic rings. The van der Waals surface area contributed by atoms with Gasteiger partial charge >= 0.3 is 6.09 Å². The number of aromatic nitrogens is 2. The highest BCUT2D eigenvalue weighted by molar-refractivity contribution is 5.68. The van der Waals surface area contributed by atoms with Crippen LogP contribution in [0, 0.1) is 25.7 Å². The number of hydrogen-bond donors (Lipinski definition) is 1. The summed E-state index contributed by atoms with van der Waals surface area (Å²) in [5.74, 6) is 7.10. The van der Waals surface area contributed by atoms with Crippen molar-refractivity contribution >= 4 is 6.09 Å². The molecule has 1 atom stereocenters. The Balaban J connectivity index is 1.85. The number of rotatable bonds is 2. The molecule has 2 heterocycles. The smallest absolute Gasteiger partial charge is 0.407 e. The summed E-state index contributed by atoms with van der Waals surface area (Å²) in [5.41, 5.74) is 1.30. The van der Waals surface area contributed by atoms with Gasteiger partial charge in [0.15, 0.2) is 0 Å². The molecule has 1 aliphatic rings. The van der Waals surface area contributed by atoms with Crippen molar-refractivity contribution in [3.05, 3.63) is 23.3 Å². The number of piperidine rings is 1. The van der Waals surface area contributed by atoms with Crippen molar-refractivity contribution in [3.63, 3.8) is 0 Å². The van der Waals surface area contributed by atoms with Crippen LogP contribution in [-0.4, -0.2) is 52.2 Å². The van der Waals surface area contributed by atoms with Gasteiger partial charge in [-0.1, -0.05) is 11.8 Å². The molecule has 0 aliphatic carbocycles. The molecule has 1 amide bonds. The van der Waals surface area contributed by atoms with Gasteiger partial charge in [-0.05, 0) is 54.0 Å². The van der Waals surface area contributed by atoms with E-state index in [2.05, 4.69) is 32.0 Å². The minimum atomic E-state index is -0.474. The molecule has 0 saturated carbocycles. The van der Waals surface area contributed by atoms with Gasteiger partial charge in [0.05, 0.1) is 17.8 Å². The van der Waals surface area contributed by atoms with Crippen molar-refractivity contribution in [1.29, 1.82) is 0 Å². The number of aryl methyl sites for hydroxylation is 2. The van der Waals surface area contributed by atoms with Crippen molar-refractivity contribution in [1.82, 2.24) is 20.2 Å². The minimum Gasteiger partial charge on any atom is -0.444 e. The van der Waals surface area contributed by atoms with E-state index in [1.807, 2.05) is 34.6 Å². The number of ether oxygens (including phenoxy) is 1. The van der Waals surface area contributed by atoms with E-state index in [-0.39, 0.29) is 12.1 Å². The van der Waals surface area contributed by atoms with Gasteiger partial charge in [-0.25, -0.2) is 14.8 Å². The van der Waals surface area contributed by atoms with Gasteiger partial charge in [0.25, 0.3) is 0 Å². The zero-order valence-corrected chi connectivity index (χ0v) is 15.8. The van der Waals surface area contributed by atoms with Crippen LogP contribution in [0.25, 0.3) is 0 Å². The molecular formula is C19H28N4O2. The number of hydrogen-bond acceptors (Lipinski definition) is 5. The number of likely N-dealkylation sites (tertiary alicyclic amines) is 1. The van der Waals surface area contributed by atoms with Crippen molar-refractivity contribution in [2.24, 2.45) is 0 Å². The Kier molecular flexibility index (Phi) is 6.38. The fourth-order valence-corrected chi connectivity index (χ4v) is 2.74. The first-order valence-electron chi connectivity index (χ1n) is 8.74. The second-order valence-corrected chi connectivity index (χ2v) is 7.44. The molecule has 1 unspecified atom stereocenters. The summed E-state index contributed by atoms with van der Waals surface area (Å²) in [6.45, 7) is 11.9. The van der Waals surface area contributed by atoms with Crippen molar-refractivity contribution in [2.45, 2.75) is 59.1 Å². The van der Waals surface area contributed by atoms with Crippen molar-refractivity contribution in [3.8, 4) is 11.8 Å². The molecule has 0 radical (unpaired) electrons. The standard InChI is InChI=1S/C19H28N4O2/c1-14-16(12-20-15(2)21-14)8-6-10-23-11-7-9-17(13-23)22-18(24)25-19(3,4)5/h12,17H,7,9-11,13H2,1-5H3,(H,22,24). The maximum Gasteiger partial charge on any atom is 0.407 e. The largest absolute Gasteiger partial charge is 0.444 e. The fraction of sp³-hybridized carbons (Fsp3) is 0.632. The first-order chi connectivity index (χ1) is 11.7. The van der Waals surface area contributed by atoms with Crippen LogP contribution in [0.2, 0.25) is 0 Å². The molecule has 25 heavy (non-hydrogen) atoms. The average molecular weight is 344 g/mol. The van der Waals surface area contributed by atoms with Crippen LogP contribution >= 0.6 is 0 Å². The van der Waals surface area contributed by atoms with Gasteiger partial charge in [-0.2, -0.15) is 0 Å². The number of alkyl carbamates (subject to hydrolysis) is 1. The number of nitrogens with one attached hydrogen (secondary N) is 1. The predicted octanol–water partition coefficient (Wildman–Crippen LogP) is 2.43. The third kappa shape index (κ3) is 6.71. The zero-order valence-electron chi connectivity index (χ0n) is 15.8. The molecule has 6 heteroatoms. The Hall–Kier alpha value is -2.13. The molecule has 136 valence electrons. The average Bonchev–Trinajstić information content (AvgIpc) is 2.48. The van der Waals surface area contributed by atoms with Crippen LogP contribution in [0.5, 0.6) is 0 Å². The van der Waals surface area contributed by atoms with Crippen LogP contribution < -0.4 is 5.32 Å². The van der Waals surface area contributed by atoms with Gasteiger partial charge < -0.3 is 10.1 Å². The normalized spacial score (nSPS) is 18.2. The highest BCUT2D eigenvalue weighted by atomic mass is 16.6. The lowest BCUT2D eigenvalue weighted by Gasteiger charge is -2.32. The number of carbonyl (C=O) groups excluding carboxylic acids is 1. The van der Waals surface area contributed by atoms with E-state index in [1.54, 1.807) is 6.20 Å². The van der Waals surface area contributed by atoms with Crippen LogP contribution in [0.15, 0.2) is 6.20 Å². The van der Waals surface area contributed by atoms with Gasteiger partial charge in [0, 0.05) is 18.8 Å². The molecule has 6 nitrogen and oxygen atoms in total. The second-order valence-electron chi connectivity index (χ2n) is 7.44. The molecule has 0 bridgehead atoms. The highest BCUT2D eigenvalue weighted by Crippen LogP contribution is 2.12. The maximum absolute atomic E-state index is 11.9. The second kappa shape index (κ2) is 8.30. The first-order valence-corrected chi connectivity index (χ1v) is 8.74. The Morgan fingerprint density at radius 3 is 2.88 bits per heavy atom. The molecular weight excluding hydrogens is 316 g/mol. The molecule has 0 aromatic carbocycles. The van der Waals surface area contributed by atoms with Crippen LogP contribution in [-0.2, 0) is 4.74 Å². The lowest BCUT2D eigenvalue weighted by molar-refractivity contribution is 0.0476. The van der Waals surface area contributed by atoms with E-state index in [1.165, 1.54) is 0 Å². The summed E-state index contributed by atoms with van der Waals surface area (Å²) in [7, 11) is 0. The van der Waals surface area contributed by atoms with Crippen LogP contribution in [0.4, 0.5) is 4.79 Å². The fourth-order valence-electron chi connectivity index (χ4n) is 2.74. The van der Waals surface area contributed by atoms with Gasteiger partial charge in [0.1, 0.15) is 11.4 Å². The third-order valence-corrected chi connectivity index (χ3v) is 3.85. The van der Waals surface area contributed by atoms with E-state index < -0.39 is 5.60 Å². The SMILES string of the molecule is Cc1ncc(C#CCN2CCCC(NC(=O)OC(C)(C)C)C2)c(C)n1. The molecule has 1 fully saturated rings. The molecule has 1 aromatic heterocycles. The molecule has 0 spiro atoms. The Morgan fingerprint density at radius 2 is 2.20 bits per heavy atom. The summed E-state index contributed by atoms with van der Waals surface area (Å²) < 4.78 is 5.33. The van der Waals surface area contributed by atoms with Crippen molar-refractivity contribution in [2.75, 3.05) is 19.6 Å².